The molecule has 0 radical (unpaired) electrons. The van der Waals surface area contributed by atoms with Crippen molar-refractivity contribution in [2.75, 3.05) is 0 Å². The van der Waals surface area contributed by atoms with Gasteiger partial charge in [0.05, 0.1) is 12.2 Å². The van der Waals surface area contributed by atoms with Crippen molar-refractivity contribution < 1.29 is 15.0 Å². The standard InChI is InChI=1S/C22H36O3/c1-12(2)15-5-6-16-20-17(11-19(25)22(15,16)4)21(3)8-7-14(23)9-13(21)10-18(20)24/h12-18,20,23-24H,5-11H2,1-4H3/t13-,14+,15+,16-,17-,18+,20-,21-,22+/m0/s1. The molecule has 4 fully saturated rings. The van der Waals surface area contributed by atoms with Gasteiger partial charge in [-0.15, -0.1) is 0 Å². The van der Waals surface area contributed by atoms with Crippen molar-refractivity contribution >= 4 is 5.78 Å². The third-order valence-corrected chi connectivity index (χ3v) is 9.39. The van der Waals surface area contributed by atoms with Crippen molar-refractivity contribution in [3.05, 3.63) is 0 Å². The predicted octanol–water partition coefficient (Wildman–Crippen LogP) is 3.81. The minimum Gasteiger partial charge on any atom is -0.393 e. The summed E-state index contributed by atoms with van der Waals surface area (Å²) < 4.78 is 0. The van der Waals surface area contributed by atoms with E-state index in [0.717, 1.165) is 38.5 Å². The number of carbonyl (C=O) groups excluding carboxylic acids is 1. The van der Waals surface area contributed by atoms with Crippen LogP contribution in [-0.4, -0.2) is 28.2 Å². The monoisotopic (exact) mass is 348 g/mol. The quantitative estimate of drug-likeness (QED) is 0.757. The van der Waals surface area contributed by atoms with E-state index in [-0.39, 0.29) is 29.0 Å². The van der Waals surface area contributed by atoms with Gasteiger partial charge in [0.1, 0.15) is 5.78 Å². The zero-order valence-electron chi connectivity index (χ0n) is 16.4. The van der Waals surface area contributed by atoms with E-state index < -0.39 is 0 Å². The minimum atomic E-state index is -0.295. The van der Waals surface area contributed by atoms with Crippen LogP contribution in [0.5, 0.6) is 0 Å². The van der Waals surface area contributed by atoms with E-state index in [4.69, 9.17) is 0 Å². The zero-order chi connectivity index (χ0) is 18.1. The van der Waals surface area contributed by atoms with Gasteiger partial charge in [-0.3, -0.25) is 4.79 Å². The molecule has 3 heteroatoms. The van der Waals surface area contributed by atoms with E-state index in [1.807, 2.05) is 0 Å². The van der Waals surface area contributed by atoms with Crippen molar-refractivity contribution in [1.29, 1.82) is 0 Å². The maximum Gasteiger partial charge on any atom is 0.139 e. The Morgan fingerprint density at radius 3 is 2.44 bits per heavy atom. The summed E-state index contributed by atoms with van der Waals surface area (Å²) in [6.07, 6.45) is 5.88. The third-order valence-electron chi connectivity index (χ3n) is 9.39. The van der Waals surface area contributed by atoms with E-state index in [1.54, 1.807) is 0 Å². The van der Waals surface area contributed by atoms with Crippen LogP contribution in [0.15, 0.2) is 0 Å². The van der Waals surface area contributed by atoms with Crippen molar-refractivity contribution in [1.82, 2.24) is 0 Å². The lowest BCUT2D eigenvalue weighted by Crippen LogP contribution is -2.61. The van der Waals surface area contributed by atoms with Crippen LogP contribution in [0.4, 0.5) is 0 Å². The van der Waals surface area contributed by atoms with Crippen LogP contribution >= 0.6 is 0 Å². The number of ketones is 1. The fourth-order valence-corrected chi connectivity index (χ4v) is 8.01. The summed E-state index contributed by atoms with van der Waals surface area (Å²) >= 11 is 0. The molecule has 0 saturated heterocycles. The second-order valence-electron chi connectivity index (χ2n) is 10.6. The van der Waals surface area contributed by atoms with E-state index in [0.29, 0.717) is 41.8 Å². The van der Waals surface area contributed by atoms with Gasteiger partial charge in [-0.1, -0.05) is 27.7 Å². The van der Waals surface area contributed by atoms with Crippen LogP contribution in [-0.2, 0) is 4.79 Å². The number of carbonyl (C=O) groups is 1. The second-order valence-corrected chi connectivity index (χ2v) is 10.6. The third kappa shape index (κ3) is 2.34. The largest absolute Gasteiger partial charge is 0.393 e. The van der Waals surface area contributed by atoms with E-state index in [9.17, 15) is 15.0 Å². The molecule has 0 amide bonds. The van der Waals surface area contributed by atoms with Crippen LogP contribution in [0.1, 0.15) is 72.6 Å². The molecule has 0 heterocycles. The predicted molar refractivity (Wildman–Crippen MR) is 97.8 cm³/mol. The van der Waals surface area contributed by atoms with Gasteiger partial charge in [-0.2, -0.15) is 0 Å². The number of aliphatic hydroxyl groups is 2. The van der Waals surface area contributed by atoms with Gasteiger partial charge in [0.25, 0.3) is 0 Å². The lowest BCUT2D eigenvalue weighted by atomic mass is 9.43. The second kappa shape index (κ2) is 5.79. The Bertz CT molecular complexity index is 557. The summed E-state index contributed by atoms with van der Waals surface area (Å²) in [6, 6.07) is 0. The Labute approximate surface area is 152 Å². The molecule has 3 nitrogen and oxygen atoms in total. The maximum atomic E-state index is 13.4. The fourth-order valence-electron chi connectivity index (χ4n) is 8.01. The molecule has 25 heavy (non-hydrogen) atoms. The highest BCUT2D eigenvalue weighted by molar-refractivity contribution is 5.87. The molecule has 0 aliphatic heterocycles. The van der Waals surface area contributed by atoms with Crippen molar-refractivity contribution in [3.8, 4) is 0 Å². The fraction of sp³-hybridized carbons (Fsp3) is 0.955. The first-order valence-corrected chi connectivity index (χ1v) is 10.6. The molecule has 4 rings (SSSR count). The number of Topliss-reactive ketones (excluding diaryl/α,β-unsaturated/α-hetero) is 1. The highest BCUT2D eigenvalue weighted by atomic mass is 16.3. The van der Waals surface area contributed by atoms with Crippen LogP contribution in [0.25, 0.3) is 0 Å². The van der Waals surface area contributed by atoms with Gasteiger partial charge in [-0.25, -0.2) is 0 Å². The lowest BCUT2D eigenvalue weighted by Gasteiger charge is -2.61. The topological polar surface area (TPSA) is 57.5 Å². The van der Waals surface area contributed by atoms with E-state index >= 15 is 0 Å². The molecule has 2 N–H and O–H groups in total. The summed E-state index contributed by atoms with van der Waals surface area (Å²) in [4.78, 5) is 13.4. The summed E-state index contributed by atoms with van der Waals surface area (Å²) in [5, 5.41) is 21.3. The molecule has 0 spiro atoms. The summed E-state index contributed by atoms with van der Waals surface area (Å²) in [6.45, 7) is 9.10. The summed E-state index contributed by atoms with van der Waals surface area (Å²) in [7, 11) is 0. The first-order chi connectivity index (χ1) is 11.7. The molecule has 142 valence electrons. The molecule has 9 atom stereocenters. The molecule has 0 bridgehead atoms. The highest BCUT2D eigenvalue weighted by Gasteiger charge is 2.65. The summed E-state index contributed by atoms with van der Waals surface area (Å²) in [5.41, 5.74) is -0.107. The first kappa shape index (κ1) is 18.0. The van der Waals surface area contributed by atoms with Crippen LogP contribution in [0.2, 0.25) is 0 Å². The lowest BCUT2D eigenvalue weighted by molar-refractivity contribution is -0.181. The van der Waals surface area contributed by atoms with Gasteiger partial charge in [-0.05, 0) is 79.4 Å². The van der Waals surface area contributed by atoms with Gasteiger partial charge in [0, 0.05) is 11.8 Å². The molecule has 0 aromatic carbocycles. The maximum absolute atomic E-state index is 13.4. The molecular weight excluding hydrogens is 312 g/mol. The molecule has 4 saturated carbocycles. The average Bonchev–Trinajstić information content (AvgIpc) is 2.89. The molecular formula is C22H36O3. The molecule has 0 aromatic heterocycles. The number of hydrogen-bond donors (Lipinski definition) is 2. The van der Waals surface area contributed by atoms with Crippen molar-refractivity contribution in [2.24, 2.45) is 46.3 Å². The van der Waals surface area contributed by atoms with Crippen molar-refractivity contribution in [3.63, 3.8) is 0 Å². The normalized spacial score (nSPS) is 55.6. The SMILES string of the molecule is CC(C)[C@H]1CC[C@H]2[C@@H]3[C@H](O)C[C@@H]4C[C@H](O)CC[C@]4(C)[C@H]3CC(=O)[C@]12C. The van der Waals surface area contributed by atoms with Gasteiger partial charge in [0.15, 0.2) is 0 Å². The van der Waals surface area contributed by atoms with Gasteiger partial charge in [0.2, 0.25) is 0 Å². The Balaban J connectivity index is 1.71. The Morgan fingerprint density at radius 1 is 1.04 bits per heavy atom. The van der Waals surface area contributed by atoms with Crippen molar-refractivity contribution in [2.45, 2.75) is 84.8 Å². The summed E-state index contributed by atoms with van der Waals surface area (Å²) in [5.74, 6) is 2.78. The highest BCUT2D eigenvalue weighted by Crippen LogP contribution is 2.67. The van der Waals surface area contributed by atoms with Crippen LogP contribution in [0.3, 0.4) is 0 Å². The first-order valence-electron chi connectivity index (χ1n) is 10.6. The van der Waals surface area contributed by atoms with E-state index in [2.05, 4.69) is 27.7 Å². The Kier molecular flexibility index (Phi) is 4.16. The van der Waals surface area contributed by atoms with E-state index in [1.165, 1.54) is 0 Å². The van der Waals surface area contributed by atoms with Gasteiger partial charge >= 0.3 is 0 Å². The van der Waals surface area contributed by atoms with Crippen LogP contribution in [0, 0.1) is 46.3 Å². The zero-order valence-corrected chi connectivity index (χ0v) is 16.4. The number of aliphatic hydroxyl groups excluding tert-OH is 2. The smallest absolute Gasteiger partial charge is 0.139 e. The minimum absolute atomic E-state index is 0.121. The Hall–Kier alpha value is -0.410. The average molecular weight is 349 g/mol. The molecule has 0 unspecified atom stereocenters. The van der Waals surface area contributed by atoms with Gasteiger partial charge < -0.3 is 10.2 Å². The number of rotatable bonds is 1. The number of hydrogen-bond acceptors (Lipinski definition) is 3. The van der Waals surface area contributed by atoms with Crippen LogP contribution < -0.4 is 0 Å². The Morgan fingerprint density at radius 2 is 1.76 bits per heavy atom. The molecule has 4 aliphatic carbocycles. The molecule has 0 aromatic rings. The number of fused-ring (bicyclic) bond motifs is 5. The molecule has 4 aliphatic rings.